The van der Waals surface area contributed by atoms with Gasteiger partial charge in [-0.3, -0.25) is 4.79 Å². The standard InChI is InChI=1S/C8H11O2.Li/c1-3-5-7(4-2)6-8(9)10;/h7H,3,5-6H2,1H3,(H,9,10);/q-1;+1. The molecule has 0 radical (unpaired) electrons. The van der Waals surface area contributed by atoms with Crippen LogP contribution in [0.1, 0.15) is 26.2 Å². The van der Waals surface area contributed by atoms with Crippen molar-refractivity contribution in [3.05, 3.63) is 6.42 Å². The molecule has 3 heteroatoms. The van der Waals surface area contributed by atoms with Gasteiger partial charge in [-0.25, -0.2) is 0 Å². The van der Waals surface area contributed by atoms with E-state index in [1.165, 1.54) is 0 Å². The van der Waals surface area contributed by atoms with Crippen molar-refractivity contribution in [2.75, 3.05) is 0 Å². The van der Waals surface area contributed by atoms with Crippen molar-refractivity contribution in [1.29, 1.82) is 0 Å². The summed E-state index contributed by atoms with van der Waals surface area (Å²) in [5, 5.41) is 8.32. The van der Waals surface area contributed by atoms with Crippen LogP contribution >= 0.6 is 0 Å². The third-order valence-corrected chi connectivity index (χ3v) is 1.26. The van der Waals surface area contributed by atoms with Crippen molar-refractivity contribution >= 4 is 5.97 Å². The van der Waals surface area contributed by atoms with E-state index in [1.54, 1.807) is 0 Å². The zero-order valence-corrected chi connectivity index (χ0v) is 7.05. The van der Waals surface area contributed by atoms with Crippen molar-refractivity contribution in [2.24, 2.45) is 5.92 Å². The summed E-state index contributed by atoms with van der Waals surface area (Å²) in [5.74, 6) is 1.16. The van der Waals surface area contributed by atoms with Crippen LogP contribution in [0.3, 0.4) is 0 Å². The van der Waals surface area contributed by atoms with Gasteiger partial charge < -0.3 is 17.5 Å². The molecule has 0 saturated heterocycles. The first-order chi connectivity index (χ1) is 4.70. The predicted octanol–water partition coefficient (Wildman–Crippen LogP) is -1.53. The van der Waals surface area contributed by atoms with Crippen LogP contribution in [-0.4, -0.2) is 11.1 Å². The molecule has 11 heavy (non-hydrogen) atoms. The minimum absolute atomic E-state index is 0. The molecule has 0 rings (SSSR count). The minimum Gasteiger partial charge on any atom is -0.693 e. The number of hydrogen-bond donors (Lipinski definition) is 1. The van der Waals surface area contributed by atoms with Gasteiger partial charge >= 0.3 is 24.8 Å². The third-order valence-electron chi connectivity index (χ3n) is 1.26. The Kier molecular flexibility index (Phi) is 9.30. The van der Waals surface area contributed by atoms with E-state index in [4.69, 9.17) is 11.5 Å². The Morgan fingerprint density at radius 3 is 2.55 bits per heavy atom. The summed E-state index contributed by atoms with van der Waals surface area (Å²) in [5.41, 5.74) is 0. The van der Waals surface area contributed by atoms with Crippen molar-refractivity contribution < 1.29 is 28.8 Å². The molecule has 0 spiro atoms. The Balaban J connectivity index is 0. The van der Waals surface area contributed by atoms with E-state index in [-0.39, 0.29) is 31.2 Å². The minimum atomic E-state index is -0.849. The maximum Gasteiger partial charge on any atom is 1.00 e. The molecule has 0 aliphatic carbocycles. The van der Waals surface area contributed by atoms with E-state index in [2.05, 4.69) is 5.92 Å². The molecular weight excluding hydrogens is 135 g/mol. The normalized spacial score (nSPS) is 10.9. The van der Waals surface area contributed by atoms with E-state index in [0.29, 0.717) is 0 Å². The molecule has 0 fully saturated rings. The van der Waals surface area contributed by atoms with Gasteiger partial charge in [-0.05, 0) is 12.3 Å². The van der Waals surface area contributed by atoms with Crippen LogP contribution in [0, 0.1) is 18.3 Å². The SMILES string of the molecule is [C-]#CC(CCC)CC(=O)O.[Li+]. The molecule has 0 amide bonds. The maximum absolute atomic E-state index is 10.1. The number of carbonyl (C=O) groups is 1. The van der Waals surface area contributed by atoms with Crippen LogP contribution in [0.5, 0.6) is 0 Å². The second-order valence-corrected chi connectivity index (χ2v) is 2.23. The summed E-state index contributed by atoms with van der Waals surface area (Å²) >= 11 is 0. The van der Waals surface area contributed by atoms with Crippen molar-refractivity contribution in [3.8, 4) is 5.92 Å². The summed E-state index contributed by atoms with van der Waals surface area (Å²) in [4.78, 5) is 10.1. The van der Waals surface area contributed by atoms with Crippen LogP contribution in [0.25, 0.3) is 0 Å². The summed E-state index contributed by atoms with van der Waals surface area (Å²) in [6.45, 7) is 1.96. The average molecular weight is 146 g/mol. The first-order valence-electron chi connectivity index (χ1n) is 3.34. The Morgan fingerprint density at radius 2 is 2.27 bits per heavy atom. The van der Waals surface area contributed by atoms with Crippen LogP contribution in [0.15, 0.2) is 0 Å². The molecule has 0 aromatic heterocycles. The molecule has 0 saturated carbocycles. The van der Waals surface area contributed by atoms with Crippen molar-refractivity contribution in [1.82, 2.24) is 0 Å². The summed E-state index contributed by atoms with van der Waals surface area (Å²) < 4.78 is 0. The van der Waals surface area contributed by atoms with Gasteiger partial charge in [0, 0.05) is 0 Å². The van der Waals surface area contributed by atoms with E-state index in [9.17, 15) is 4.79 Å². The zero-order valence-electron chi connectivity index (χ0n) is 7.05. The van der Waals surface area contributed by atoms with Gasteiger partial charge in [-0.1, -0.05) is 13.3 Å². The Labute approximate surface area is 79.5 Å². The smallest absolute Gasteiger partial charge is 0.693 e. The fourth-order valence-electron chi connectivity index (χ4n) is 0.785. The number of carboxylic acid groups (broad SMARTS) is 1. The van der Waals surface area contributed by atoms with Gasteiger partial charge in [0.25, 0.3) is 0 Å². The second-order valence-electron chi connectivity index (χ2n) is 2.23. The molecule has 0 heterocycles. The van der Waals surface area contributed by atoms with Crippen molar-refractivity contribution in [2.45, 2.75) is 26.2 Å². The number of aliphatic carboxylic acids is 1. The number of hydrogen-bond acceptors (Lipinski definition) is 1. The molecule has 0 aliphatic rings. The van der Waals surface area contributed by atoms with Gasteiger partial charge in [-0.2, -0.15) is 0 Å². The van der Waals surface area contributed by atoms with Gasteiger partial charge in [0.2, 0.25) is 0 Å². The van der Waals surface area contributed by atoms with Crippen LogP contribution < -0.4 is 18.9 Å². The molecule has 56 valence electrons. The predicted molar refractivity (Wildman–Crippen MR) is 37.8 cm³/mol. The van der Waals surface area contributed by atoms with Gasteiger partial charge in [0.1, 0.15) is 0 Å². The van der Waals surface area contributed by atoms with Gasteiger partial charge in [-0.15, -0.1) is 0 Å². The Morgan fingerprint density at radius 1 is 1.73 bits per heavy atom. The molecule has 2 nitrogen and oxygen atoms in total. The van der Waals surface area contributed by atoms with Crippen LogP contribution in [0.4, 0.5) is 0 Å². The van der Waals surface area contributed by atoms with E-state index in [1.807, 2.05) is 6.92 Å². The fourth-order valence-corrected chi connectivity index (χ4v) is 0.785. The quantitative estimate of drug-likeness (QED) is 0.297. The summed E-state index contributed by atoms with van der Waals surface area (Å²) in [6, 6.07) is 0. The molecular formula is C8H11LiO2. The molecule has 1 N–H and O–H groups in total. The number of rotatable bonds is 4. The largest absolute Gasteiger partial charge is 1.00 e. The van der Waals surface area contributed by atoms with E-state index in [0.717, 1.165) is 12.8 Å². The molecule has 0 aromatic rings. The topological polar surface area (TPSA) is 37.3 Å². The van der Waals surface area contributed by atoms with Crippen LogP contribution in [0.2, 0.25) is 0 Å². The van der Waals surface area contributed by atoms with E-state index < -0.39 is 5.97 Å². The van der Waals surface area contributed by atoms with Crippen LogP contribution in [-0.2, 0) is 4.79 Å². The first-order valence-corrected chi connectivity index (χ1v) is 3.34. The maximum atomic E-state index is 10.1. The Hall–Kier alpha value is -0.373. The fraction of sp³-hybridized carbons (Fsp3) is 0.625. The molecule has 0 aliphatic heterocycles. The molecule has 1 unspecified atom stereocenters. The Bertz CT molecular complexity index is 149. The van der Waals surface area contributed by atoms with Crippen molar-refractivity contribution in [3.63, 3.8) is 0 Å². The summed E-state index contributed by atoms with van der Waals surface area (Å²) in [7, 11) is 0. The van der Waals surface area contributed by atoms with Gasteiger partial charge in [0.15, 0.2) is 0 Å². The zero-order chi connectivity index (χ0) is 7.98. The first kappa shape index (κ1) is 13.2. The average Bonchev–Trinajstić information content (AvgIpc) is 1.86. The monoisotopic (exact) mass is 146 g/mol. The second kappa shape index (κ2) is 7.73. The number of carboxylic acids is 1. The summed E-state index contributed by atoms with van der Waals surface area (Å²) in [6.07, 6.45) is 8.43. The third kappa shape index (κ3) is 7.52. The molecule has 0 bridgehead atoms. The van der Waals surface area contributed by atoms with Gasteiger partial charge in [0.05, 0.1) is 6.42 Å². The molecule has 0 aromatic carbocycles. The van der Waals surface area contributed by atoms with E-state index >= 15 is 0 Å². The molecule has 1 atom stereocenters.